The van der Waals surface area contributed by atoms with E-state index in [2.05, 4.69) is 5.32 Å². The van der Waals surface area contributed by atoms with Gasteiger partial charge in [0.25, 0.3) is 5.91 Å². The third-order valence-electron chi connectivity index (χ3n) is 3.42. The van der Waals surface area contributed by atoms with Crippen LogP contribution < -0.4 is 5.32 Å². The van der Waals surface area contributed by atoms with Crippen molar-refractivity contribution in [1.29, 1.82) is 0 Å². The summed E-state index contributed by atoms with van der Waals surface area (Å²) in [6.07, 6.45) is 5.23. The number of hydrogen-bond donors (Lipinski definition) is 1. The number of benzene rings is 1. The zero-order valence-corrected chi connectivity index (χ0v) is 13.4. The van der Waals surface area contributed by atoms with Gasteiger partial charge in [-0.1, -0.05) is 19.3 Å². The lowest BCUT2D eigenvalue weighted by molar-refractivity contribution is 0.0933. The Morgan fingerprint density at radius 3 is 2.79 bits per heavy atom. The zero-order chi connectivity index (χ0) is 13.8. The van der Waals surface area contributed by atoms with Gasteiger partial charge in [-0.2, -0.15) is 0 Å². The van der Waals surface area contributed by atoms with Crippen molar-refractivity contribution in [2.45, 2.75) is 43.5 Å². The van der Waals surface area contributed by atoms with Gasteiger partial charge in [0.15, 0.2) is 0 Å². The highest BCUT2D eigenvalue weighted by molar-refractivity contribution is 14.1. The summed E-state index contributed by atoms with van der Waals surface area (Å²) in [7, 11) is 0. The van der Waals surface area contributed by atoms with Crippen LogP contribution in [0, 0.1) is 9.39 Å². The number of hydrogen-bond acceptors (Lipinski definition) is 1. The topological polar surface area (TPSA) is 29.1 Å². The first-order valence-electron chi connectivity index (χ1n) is 6.48. The molecule has 1 aliphatic rings. The zero-order valence-electron chi connectivity index (χ0n) is 10.5. The minimum absolute atomic E-state index is 0.00967. The third-order valence-corrected chi connectivity index (χ3v) is 4.84. The number of amides is 1. The van der Waals surface area contributed by atoms with Gasteiger partial charge >= 0.3 is 0 Å². The van der Waals surface area contributed by atoms with E-state index in [4.69, 9.17) is 11.6 Å². The van der Waals surface area contributed by atoms with Gasteiger partial charge < -0.3 is 5.32 Å². The van der Waals surface area contributed by atoms with Gasteiger partial charge in [-0.15, -0.1) is 11.6 Å². The summed E-state index contributed by atoms with van der Waals surface area (Å²) in [5.41, 5.74) is 0.509. The predicted molar refractivity (Wildman–Crippen MR) is 83.1 cm³/mol. The highest BCUT2D eigenvalue weighted by Gasteiger charge is 2.24. The number of carbonyl (C=O) groups excluding carboxylic acids is 1. The molecule has 0 heterocycles. The highest BCUT2D eigenvalue weighted by Crippen LogP contribution is 2.23. The molecule has 1 amide bonds. The van der Waals surface area contributed by atoms with Crippen molar-refractivity contribution in [3.8, 4) is 0 Å². The molecule has 0 radical (unpaired) electrons. The molecule has 1 N–H and O–H groups in total. The molecule has 104 valence electrons. The molecule has 0 spiro atoms. The van der Waals surface area contributed by atoms with E-state index in [9.17, 15) is 9.18 Å². The van der Waals surface area contributed by atoms with Crippen molar-refractivity contribution < 1.29 is 9.18 Å². The van der Waals surface area contributed by atoms with E-state index in [0.29, 0.717) is 9.13 Å². The van der Waals surface area contributed by atoms with E-state index in [-0.39, 0.29) is 23.1 Å². The fourth-order valence-corrected chi connectivity index (χ4v) is 3.41. The van der Waals surface area contributed by atoms with Crippen molar-refractivity contribution in [2.75, 3.05) is 0 Å². The second-order valence-electron chi connectivity index (χ2n) is 4.86. The van der Waals surface area contributed by atoms with Crippen molar-refractivity contribution in [3.63, 3.8) is 0 Å². The maximum Gasteiger partial charge on any atom is 0.252 e. The monoisotopic (exact) mass is 395 g/mol. The highest BCUT2D eigenvalue weighted by atomic mass is 127. The molecule has 0 saturated heterocycles. The van der Waals surface area contributed by atoms with E-state index in [1.807, 2.05) is 22.6 Å². The molecule has 1 fully saturated rings. The molecule has 1 aliphatic carbocycles. The maximum absolute atomic E-state index is 13.0. The molecule has 19 heavy (non-hydrogen) atoms. The van der Waals surface area contributed by atoms with Crippen molar-refractivity contribution >= 4 is 40.1 Å². The van der Waals surface area contributed by atoms with Crippen molar-refractivity contribution in [1.82, 2.24) is 5.32 Å². The standard InChI is InChI=1S/C14H16ClFINO/c15-11-4-2-1-3-5-13(11)18-14(19)10-7-6-9(16)8-12(10)17/h6-8,11,13H,1-5H2,(H,18,19). The first-order valence-corrected chi connectivity index (χ1v) is 7.99. The van der Waals surface area contributed by atoms with Gasteiger partial charge in [0.05, 0.1) is 10.9 Å². The Morgan fingerprint density at radius 1 is 1.32 bits per heavy atom. The number of alkyl halides is 1. The molecule has 2 rings (SSSR count). The predicted octanol–water partition coefficient (Wildman–Crippen LogP) is 4.10. The number of halogens is 3. The first kappa shape index (κ1) is 15.0. The van der Waals surface area contributed by atoms with Crippen LogP contribution in [0.4, 0.5) is 4.39 Å². The van der Waals surface area contributed by atoms with Crippen LogP contribution in [0.1, 0.15) is 42.5 Å². The fraction of sp³-hybridized carbons (Fsp3) is 0.500. The van der Waals surface area contributed by atoms with Crippen molar-refractivity contribution in [3.05, 3.63) is 33.1 Å². The SMILES string of the molecule is O=C(NC1CCCCCC1Cl)c1ccc(F)cc1I. The van der Waals surface area contributed by atoms with Crippen LogP contribution in [0.25, 0.3) is 0 Å². The Labute approximate surface area is 131 Å². The molecule has 1 aromatic rings. The fourth-order valence-electron chi connectivity index (χ4n) is 2.34. The lowest BCUT2D eigenvalue weighted by atomic mass is 10.1. The van der Waals surface area contributed by atoms with Crippen LogP contribution in [0.3, 0.4) is 0 Å². The lowest BCUT2D eigenvalue weighted by Crippen LogP contribution is -2.40. The lowest BCUT2D eigenvalue weighted by Gasteiger charge is -2.21. The summed E-state index contributed by atoms with van der Waals surface area (Å²) < 4.78 is 13.6. The third kappa shape index (κ3) is 4.05. The quantitative estimate of drug-likeness (QED) is 0.456. The van der Waals surface area contributed by atoms with Gasteiger partial charge in [0.1, 0.15) is 5.82 Å². The molecule has 5 heteroatoms. The maximum atomic E-state index is 13.0. The van der Waals surface area contributed by atoms with Gasteiger partial charge in [-0.3, -0.25) is 4.79 Å². The second kappa shape index (κ2) is 6.88. The van der Waals surface area contributed by atoms with Gasteiger partial charge in [-0.05, 0) is 53.6 Å². The van der Waals surface area contributed by atoms with Crippen LogP contribution in [0.2, 0.25) is 0 Å². The Kier molecular flexibility index (Phi) is 5.45. The molecule has 1 saturated carbocycles. The van der Waals surface area contributed by atoms with Crippen LogP contribution in [0.15, 0.2) is 18.2 Å². The van der Waals surface area contributed by atoms with Crippen LogP contribution in [-0.2, 0) is 0 Å². The molecule has 1 aromatic carbocycles. The first-order chi connectivity index (χ1) is 9.08. The Balaban J connectivity index is 2.07. The van der Waals surface area contributed by atoms with E-state index < -0.39 is 0 Å². The molecule has 2 unspecified atom stereocenters. The van der Waals surface area contributed by atoms with Crippen LogP contribution >= 0.6 is 34.2 Å². The molecular weight excluding hydrogens is 380 g/mol. The minimum Gasteiger partial charge on any atom is -0.348 e. The minimum atomic E-state index is -0.328. The van der Waals surface area contributed by atoms with Gasteiger partial charge in [0, 0.05) is 9.61 Å². The molecular formula is C14H16ClFINO. The second-order valence-corrected chi connectivity index (χ2v) is 6.58. The van der Waals surface area contributed by atoms with Gasteiger partial charge in [-0.25, -0.2) is 4.39 Å². The summed E-state index contributed by atoms with van der Waals surface area (Å²) in [5.74, 6) is -0.493. The molecule has 0 aromatic heterocycles. The smallest absolute Gasteiger partial charge is 0.252 e. The Hall–Kier alpha value is -0.360. The normalized spacial score (nSPS) is 23.7. The van der Waals surface area contributed by atoms with Crippen LogP contribution in [0.5, 0.6) is 0 Å². The summed E-state index contributed by atoms with van der Waals surface area (Å²) >= 11 is 8.28. The van der Waals surface area contributed by atoms with Gasteiger partial charge in [0.2, 0.25) is 0 Å². The average molecular weight is 396 g/mol. The molecule has 2 nitrogen and oxygen atoms in total. The Bertz CT molecular complexity index is 469. The summed E-state index contributed by atoms with van der Waals surface area (Å²) in [6, 6.07) is 4.20. The molecule has 0 bridgehead atoms. The van der Waals surface area contributed by atoms with E-state index in [1.165, 1.54) is 24.6 Å². The average Bonchev–Trinajstić information content (AvgIpc) is 2.55. The number of nitrogens with one attached hydrogen (secondary N) is 1. The van der Waals surface area contributed by atoms with Crippen LogP contribution in [-0.4, -0.2) is 17.3 Å². The summed E-state index contributed by atoms with van der Waals surface area (Å²) in [4.78, 5) is 12.2. The van der Waals surface area contributed by atoms with E-state index >= 15 is 0 Å². The number of carbonyl (C=O) groups is 1. The van der Waals surface area contributed by atoms with E-state index in [0.717, 1.165) is 25.7 Å². The largest absolute Gasteiger partial charge is 0.348 e. The molecule has 2 atom stereocenters. The summed E-state index contributed by atoms with van der Waals surface area (Å²) in [6.45, 7) is 0. The van der Waals surface area contributed by atoms with Crippen molar-refractivity contribution in [2.24, 2.45) is 0 Å². The summed E-state index contributed by atoms with van der Waals surface area (Å²) in [5, 5.41) is 2.98. The van der Waals surface area contributed by atoms with E-state index in [1.54, 1.807) is 0 Å². The Morgan fingerprint density at radius 2 is 2.05 bits per heavy atom. The number of rotatable bonds is 2. The molecule has 0 aliphatic heterocycles.